The molecule has 0 aliphatic heterocycles. The second-order valence-corrected chi connectivity index (χ2v) is 7.66. The Morgan fingerprint density at radius 1 is 0.846 bits per heavy atom. The van der Waals surface area contributed by atoms with Gasteiger partial charge in [0.25, 0.3) is 0 Å². The van der Waals surface area contributed by atoms with Gasteiger partial charge in [-0.15, -0.1) is 0 Å². The fourth-order valence-corrected chi connectivity index (χ4v) is 4.41. The SMILES string of the molecule is CC[Si](CC)(OC(C)C)OC(C)C. The van der Waals surface area contributed by atoms with Crippen LogP contribution in [0.15, 0.2) is 0 Å². The van der Waals surface area contributed by atoms with E-state index >= 15 is 0 Å². The third-order valence-corrected chi connectivity index (χ3v) is 5.93. The second kappa shape index (κ2) is 5.78. The number of hydrogen-bond acceptors (Lipinski definition) is 2. The van der Waals surface area contributed by atoms with Crippen LogP contribution < -0.4 is 0 Å². The van der Waals surface area contributed by atoms with Gasteiger partial charge in [0.15, 0.2) is 0 Å². The van der Waals surface area contributed by atoms with Gasteiger partial charge in [0.1, 0.15) is 0 Å². The summed E-state index contributed by atoms with van der Waals surface area (Å²) in [6, 6.07) is 2.08. The summed E-state index contributed by atoms with van der Waals surface area (Å²) in [6.45, 7) is 12.7. The monoisotopic (exact) mass is 204 g/mol. The summed E-state index contributed by atoms with van der Waals surface area (Å²) in [4.78, 5) is 0. The van der Waals surface area contributed by atoms with Crippen LogP contribution in [0, 0.1) is 0 Å². The quantitative estimate of drug-likeness (QED) is 0.618. The lowest BCUT2D eigenvalue weighted by Gasteiger charge is -2.32. The molecule has 0 spiro atoms. The van der Waals surface area contributed by atoms with Gasteiger partial charge >= 0.3 is 8.56 Å². The minimum atomic E-state index is -1.87. The molecule has 0 amide bonds. The summed E-state index contributed by atoms with van der Waals surface area (Å²) in [7, 11) is -1.87. The Bertz CT molecular complexity index is 119. The molecule has 0 saturated heterocycles. The Labute approximate surface area is 83.9 Å². The second-order valence-electron chi connectivity index (χ2n) is 3.95. The summed E-state index contributed by atoms with van der Waals surface area (Å²) in [5, 5.41) is 0. The Kier molecular flexibility index (Phi) is 5.84. The maximum absolute atomic E-state index is 5.96. The first-order valence-corrected chi connectivity index (χ1v) is 7.54. The van der Waals surface area contributed by atoms with Crippen molar-refractivity contribution < 1.29 is 8.85 Å². The van der Waals surface area contributed by atoms with E-state index in [0.717, 1.165) is 12.1 Å². The third kappa shape index (κ3) is 4.79. The molecule has 80 valence electrons. The smallest absolute Gasteiger partial charge is 0.338 e. The van der Waals surface area contributed by atoms with Crippen molar-refractivity contribution in [2.45, 2.75) is 65.8 Å². The van der Waals surface area contributed by atoms with Gasteiger partial charge in [-0.2, -0.15) is 0 Å². The van der Waals surface area contributed by atoms with Crippen LogP contribution in [0.25, 0.3) is 0 Å². The van der Waals surface area contributed by atoms with Gasteiger partial charge in [-0.1, -0.05) is 13.8 Å². The zero-order chi connectivity index (χ0) is 10.5. The van der Waals surface area contributed by atoms with Crippen molar-refractivity contribution in [3.63, 3.8) is 0 Å². The molecule has 0 rings (SSSR count). The maximum atomic E-state index is 5.96. The largest absolute Gasteiger partial charge is 0.392 e. The van der Waals surface area contributed by atoms with Gasteiger partial charge in [-0.05, 0) is 39.8 Å². The first kappa shape index (κ1) is 13.1. The highest BCUT2D eigenvalue weighted by molar-refractivity contribution is 6.67. The van der Waals surface area contributed by atoms with Crippen LogP contribution in [0.4, 0.5) is 0 Å². The van der Waals surface area contributed by atoms with Gasteiger partial charge < -0.3 is 8.85 Å². The van der Waals surface area contributed by atoms with Crippen LogP contribution in [0.5, 0.6) is 0 Å². The Morgan fingerprint density at radius 2 is 1.15 bits per heavy atom. The van der Waals surface area contributed by atoms with Crippen LogP contribution in [0.2, 0.25) is 12.1 Å². The molecule has 0 aliphatic rings. The molecule has 0 heterocycles. The van der Waals surface area contributed by atoms with E-state index in [1.54, 1.807) is 0 Å². The minimum absolute atomic E-state index is 0.283. The van der Waals surface area contributed by atoms with Gasteiger partial charge in [0.05, 0.1) is 0 Å². The molecule has 0 bridgehead atoms. The Hall–Kier alpha value is 0.137. The van der Waals surface area contributed by atoms with Crippen molar-refractivity contribution in [1.82, 2.24) is 0 Å². The molecule has 0 saturated carbocycles. The molecule has 2 nitrogen and oxygen atoms in total. The van der Waals surface area contributed by atoms with E-state index in [1.165, 1.54) is 0 Å². The van der Waals surface area contributed by atoms with Crippen molar-refractivity contribution in [3.05, 3.63) is 0 Å². The van der Waals surface area contributed by atoms with Crippen molar-refractivity contribution >= 4 is 8.56 Å². The van der Waals surface area contributed by atoms with E-state index in [0.29, 0.717) is 0 Å². The fourth-order valence-electron chi connectivity index (χ4n) is 1.47. The molecule has 0 aliphatic carbocycles. The van der Waals surface area contributed by atoms with E-state index in [4.69, 9.17) is 8.85 Å². The van der Waals surface area contributed by atoms with Gasteiger partial charge in [0.2, 0.25) is 0 Å². The summed E-state index contributed by atoms with van der Waals surface area (Å²) < 4.78 is 11.9. The van der Waals surface area contributed by atoms with Crippen molar-refractivity contribution in [1.29, 1.82) is 0 Å². The molecule has 0 aromatic carbocycles. The van der Waals surface area contributed by atoms with Gasteiger partial charge in [-0.3, -0.25) is 0 Å². The zero-order valence-electron chi connectivity index (χ0n) is 9.89. The highest BCUT2D eigenvalue weighted by Crippen LogP contribution is 2.21. The Balaban J connectivity index is 4.30. The lowest BCUT2D eigenvalue weighted by Crippen LogP contribution is -2.44. The molecule has 0 radical (unpaired) electrons. The molecular weight excluding hydrogens is 180 g/mol. The van der Waals surface area contributed by atoms with Crippen molar-refractivity contribution in [2.75, 3.05) is 0 Å². The molecule has 0 atom stereocenters. The van der Waals surface area contributed by atoms with Gasteiger partial charge in [0, 0.05) is 12.2 Å². The van der Waals surface area contributed by atoms with E-state index in [2.05, 4.69) is 41.5 Å². The standard InChI is InChI=1S/C10H24O2Si/c1-7-13(8-2,11-9(3)4)12-10(5)6/h9-10H,7-8H2,1-6H3. The highest BCUT2D eigenvalue weighted by Gasteiger charge is 2.35. The van der Waals surface area contributed by atoms with Crippen LogP contribution in [0.3, 0.4) is 0 Å². The Morgan fingerprint density at radius 3 is 1.31 bits per heavy atom. The van der Waals surface area contributed by atoms with E-state index in [9.17, 15) is 0 Å². The first-order chi connectivity index (χ1) is 5.95. The lowest BCUT2D eigenvalue weighted by atomic mass is 10.5. The molecule has 3 heteroatoms. The van der Waals surface area contributed by atoms with Gasteiger partial charge in [-0.25, -0.2) is 0 Å². The summed E-state index contributed by atoms with van der Waals surface area (Å²) >= 11 is 0. The lowest BCUT2D eigenvalue weighted by molar-refractivity contribution is 0.106. The minimum Gasteiger partial charge on any atom is -0.392 e. The van der Waals surface area contributed by atoms with Crippen LogP contribution in [-0.4, -0.2) is 20.8 Å². The molecule has 0 N–H and O–H groups in total. The normalized spacial score (nSPS) is 12.9. The van der Waals surface area contributed by atoms with E-state index < -0.39 is 8.56 Å². The van der Waals surface area contributed by atoms with E-state index in [1.807, 2.05) is 0 Å². The average Bonchev–Trinajstić information content (AvgIpc) is 2.01. The average molecular weight is 204 g/mol. The highest BCUT2D eigenvalue weighted by atomic mass is 28.4. The molecule has 0 aromatic heterocycles. The number of rotatable bonds is 6. The van der Waals surface area contributed by atoms with Crippen molar-refractivity contribution in [2.24, 2.45) is 0 Å². The molecule has 0 aromatic rings. The molecular formula is C10H24O2Si. The first-order valence-electron chi connectivity index (χ1n) is 5.31. The molecule has 0 unspecified atom stereocenters. The molecule has 0 fully saturated rings. The number of hydrogen-bond donors (Lipinski definition) is 0. The summed E-state index contributed by atoms with van der Waals surface area (Å²) in [5.41, 5.74) is 0. The fraction of sp³-hybridized carbons (Fsp3) is 1.00. The third-order valence-electron chi connectivity index (χ3n) is 1.98. The maximum Gasteiger partial charge on any atom is 0.338 e. The molecule has 13 heavy (non-hydrogen) atoms. The summed E-state index contributed by atoms with van der Waals surface area (Å²) in [5.74, 6) is 0. The van der Waals surface area contributed by atoms with Crippen LogP contribution >= 0.6 is 0 Å². The topological polar surface area (TPSA) is 18.5 Å². The zero-order valence-corrected chi connectivity index (χ0v) is 10.9. The summed E-state index contributed by atoms with van der Waals surface area (Å²) in [6.07, 6.45) is 0.565. The van der Waals surface area contributed by atoms with Crippen molar-refractivity contribution in [3.8, 4) is 0 Å². The van der Waals surface area contributed by atoms with Crippen LogP contribution in [0.1, 0.15) is 41.5 Å². The van der Waals surface area contributed by atoms with E-state index in [-0.39, 0.29) is 12.2 Å². The van der Waals surface area contributed by atoms with Crippen LogP contribution in [-0.2, 0) is 8.85 Å². The predicted octanol–water partition coefficient (Wildman–Crippen LogP) is 3.32. The predicted molar refractivity (Wildman–Crippen MR) is 59.2 cm³/mol.